The highest BCUT2D eigenvalue weighted by atomic mass is 16.6. The average Bonchev–Trinajstić information content (AvgIpc) is 2.54. The number of nitro benzene ring substituents is 2. The fourth-order valence-electron chi connectivity index (χ4n) is 2.24. The number of aliphatic hydroxyl groups excluding tert-OH is 4. The minimum Gasteiger partial charge on any atom is -0.388 e. The quantitative estimate of drug-likeness (QED) is 0.317. The third-order valence-corrected chi connectivity index (χ3v) is 3.57. The lowest BCUT2D eigenvalue weighted by molar-refractivity contribution is -0.393. The zero-order valence-corrected chi connectivity index (χ0v) is 12.1. The van der Waals surface area contributed by atoms with Gasteiger partial charge in [-0.25, -0.2) is 0 Å². The van der Waals surface area contributed by atoms with Crippen molar-refractivity contribution in [3.05, 3.63) is 38.4 Å². The summed E-state index contributed by atoms with van der Waals surface area (Å²) in [5.41, 5.74) is -1.10. The summed E-state index contributed by atoms with van der Waals surface area (Å²) in [5, 5.41) is 62.4. The second kappa shape index (κ2) is 7.02. The van der Waals surface area contributed by atoms with Crippen LogP contribution in [0.2, 0.25) is 0 Å². The van der Waals surface area contributed by atoms with E-state index in [-0.39, 0.29) is 12.2 Å². The molecular formula is C12H15N3O9. The first-order valence-electron chi connectivity index (χ1n) is 6.76. The molecule has 1 aliphatic rings. The van der Waals surface area contributed by atoms with Crippen molar-refractivity contribution < 1.29 is 35.0 Å². The van der Waals surface area contributed by atoms with Crippen molar-refractivity contribution in [2.24, 2.45) is 0 Å². The SMILES string of the molecule is O=[N+]([O-])c1ccc(NC[C@H]2OC(O)[C@H](O)[C@@H](O)[C@@H]2O)c([N+](=O)[O-])c1. The molecule has 1 fully saturated rings. The molecule has 1 aliphatic heterocycles. The fourth-order valence-corrected chi connectivity index (χ4v) is 2.24. The van der Waals surface area contributed by atoms with Gasteiger partial charge in [-0.1, -0.05) is 0 Å². The highest BCUT2D eigenvalue weighted by molar-refractivity contribution is 5.65. The third kappa shape index (κ3) is 3.58. The molecule has 132 valence electrons. The van der Waals surface area contributed by atoms with Crippen molar-refractivity contribution in [3.63, 3.8) is 0 Å². The zero-order valence-electron chi connectivity index (χ0n) is 12.1. The van der Waals surface area contributed by atoms with Crippen LogP contribution in [0.15, 0.2) is 18.2 Å². The molecule has 0 spiro atoms. The summed E-state index contributed by atoms with van der Waals surface area (Å²) in [4.78, 5) is 20.1. The minimum atomic E-state index is -1.73. The van der Waals surface area contributed by atoms with Gasteiger partial charge in [0.25, 0.3) is 11.4 Å². The molecule has 1 heterocycles. The number of ether oxygens (including phenoxy) is 1. The summed E-state index contributed by atoms with van der Waals surface area (Å²) in [6.45, 7) is -0.263. The lowest BCUT2D eigenvalue weighted by Crippen LogP contribution is -2.59. The molecule has 1 aromatic carbocycles. The van der Waals surface area contributed by atoms with E-state index in [0.717, 1.165) is 18.2 Å². The fraction of sp³-hybridized carbons (Fsp3) is 0.500. The van der Waals surface area contributed by atoms with Crippen molar-refractivity contribution in [2.75, 3.05) is 11.9 Å². The molecule has 0 amide bonds. The molecule has 1 saturated heterocycles. The van der Waals surface area contributed by atoms with E-state index in [1.54, 1.807) is 0 Å². The van der Waals surface area contributed by atoms with Gasteiger partial charge in [-0.2, -0.15) is 0 Å². The Morgan fingerprint density at radius 1 is 1.04 bits per heavy atom. The molecule has 24 heavy (non-hydrogen) atoms. The number of benzene rings is 1. The lowest BCUT2D eigenvalue weighted by Gasteiger charge is -2.38. The van der Waals surface area contributed by atoms with E-state index in [1.165, 1.54) is 0 Å². The van der Waals surface area contributed by atoms with Gasteiger partial charge in [0, 0.05) is 12.6 Å². The number of nitrogens with one attached hydrogen (secondary N) is 1. The van der Waals surface area contributed by atoms with Crippen molar-refractivity contribution in [3.8, 4) is 0 Å². The molecule has 1 aromatic rings. The second-order valence-electron chi connectivity index (χ2n) is 5.13. The number of non-ortho nitro benzene ring substituents is 1. The van der Waals surface area contributed by atoms with Crippen LogP contribution in [0.4, 0.5) is 17.1 Å². The summed E-state index contributed by atoms with van der Waals surface area (Å²) in [7, 11) is 0. The van der Waals surface area contributed by atoms with E-state index < -0.39 is 51.9 Å². The molecule has 0 saturated carbocycles. The molecule has 0 bridgehead atoms. The predicted molar refractivity (Wildman–Crippen MR) is 77.1 cm³/mol. The van der Waals surface area contributed by atoms with Crippen molar-refractivity contribution in [1.29, 1.82) is 0 Å². The van der Waals surface area contributed by atoms with Crippen LogP contribution in [-0.4, -0.2) is 67.5 Å². The first-order chi connectivity index (χ1) is 11.2. The van der Waals surface area contributed by atoms with Gasteiger partial charge in [0.2, 0.25) is 0 Å². The molecule has 5 N–H and O–H groups in total. The number of hydrogen-bond acceptors (Lipinski definition) is 10. The Morgan fingerprint density at radius 3 is 2.29 bits per heavy atom. The largest absolute Gasteiger partial charge is 0.388 e. The molecule has 0 radical (unpaired) electrons. The van der Waals surface area contributed by atoms with Crippen LogP contribution in [0.1, 0.15) is 0 Å². The number of anilines is 1. The maximum Gasteiger partial charge on any atom is 0.299 e. The van der Waals surface area contributed by atoms with Gasteiger partial charge >= 0.3 is 0 Å². The maximum atomic E-state index is 11.0. The van der Waals surface area contributed by atoms with Gasteiger partial charge in [-0.15, -0.1) is 0 Å². The zero-order chi connectivity index (χ0) is 18.0. The summed E-state index contributed by atoms with van der Waals surface area (Å²) >= 11 is 0. The lowest BCUT2D eigenvalue weighted by atomic mass is 9.99. The van der Waals surface area contributed by atoms with Crippen LogP contribution >= 0.6 is 0 Å². The number of nitro groups is 2. The van der Waals surface area contributed by atoms with E-state index in [9.17, 15) is 40.7 Å². The molecule has 1 unspecified atom stereocenters. The van der Waals surface area contributed by atoms with Gasteiger partial charge in [-0.3, -0.25) is 20.2 Å². The highest BCUT2D eigenvalue weighted by Crippen LogP contribution is 2.29. The Hall–Kier alpha value is -2.38. The minimum absolute atomic E-state index is 0.0727. The van der Waals surface area contributed by atoms with Crippen LogP contribution in [0.25, 0.3) is 0 Å². The molecule has 12 heteroatoms. The monoisotopic (exact) mass is 345 g/mol. The molecule has 2 rings (SSSR count). The normalized spacial score (nSPS) is 29.9. The van der Waals surface area contributed by atoms with Crippen molar-refractivity contribution >= 4 is 17.1 Å². The van der Waals surface area contributed by atoms with Crippen LogP contribution in [0.5, 0.6) is 0 Å². The van der Waals surface area contributed by atoms with E-state index >= 15 is 0 Å². The van der Waals surface area contributed by atoms with Crippen LogP contribution in [0, 0.1) is 20.2 Å². The first-order valence-corrected chi connectivity index (χ1v) is 6.76. The molecular weight excluding hydrogens is 330 g/mol. The number of hydrogen-bond donors (Lipinski definition) is 5. The van der Waals surface area contributed by atoms with Gasteiger partial charge in [0.1, 0.15) is 30.1 Å². The van der Waals surface area contributed by atoms with E-state index in [2.05, 4.69) is 5.32 Å². The number of rotatable bonds is 5. The van der Waals surface area contributed by atoms with Crippen LogP contribution < -0.4 is 5.32 Å². The van der Waals surface area contributed by atoms with Gasteiger partial charge in [0.05, 0.1) is 15.9 Å². The van der Waals surface area contributed by atoms with E-state index in [4.69, 9.17) is 4.74 Å². The van der Waals surface area contributed by atoms with Crippen LogP contribution in [0.3, 0.4) is 0 Å². The van der Waals surface area contributed by atoms with Crippen molar-refractivity contribution in [1.82, 2.24) is 0 Å². The second-order valence-corrected chi connectivity index (χ2v) is 5.13. The first kappa shape index (κ1) is 18.0. The number of nitrogens with zero attached hydrogens (tertiary/aromatic N) is 2. The predicted octanol–water partition coefficient (Wildman–Crippen LogP) is -1.29. The average molecular weight is 345 g/mol. The third-order valence-electron chi connectivity index (χ3n) is 3.57. The Kier molecular flexibility index (Phi) is 5.26. The van der Waals surface area contributed by atoms with Crippen molar-refractivity contribution in [2.45, 2.75) is 30.7 Å². The van der Waals surface area contributed by atoms with Gasteiger partial charge in [-0.05, 0) is 6.07 Å². The van der Waals surface area contributed by atoms with Crippen LogP contribution in [-0.2, 0) is 4.74 Å². The number of aliphatic hydroxyl groups is 4. The van der Waals surface area contributed by atoms with Gasteiger partial charge in [0.15, 0.2) is 6.29 Å². The standard InChI is InChI=1S/C12H15N3O9/c16-9-8(24-12(19)11(18)10(9)17)4-13-6-2-1-5(14(20)21)3-7(6)15(22)23/h1-3,8-13,16-19H,4H2/t8-,9-,10+,11-,12?/m1/s1. The summed E-state index contributed by atoms with van der Waals surface area (Å²) in [5.74, 6) is 0. The smallest absolute Gasteiger partial charge is 0.299 e. The Bertz CT molecular complexity index is 640. The summed E-state index contributed by atoms with van der Waals surface area (Å²) < 4.78 is 4.92. The van der Waals surface area contributed by atoms with E-state index in [1.807, 2.05) is 0 Å². The Balaban J connectivity index is 2.14. The molecule has 0 aromatic heterocycles. The maximum absolute atomic E-state index is 11.0. The van der Waals surface area contributed by atoms with Gasteiger partial charge < -0.3 is 30.5 Å². The topological polar surface area (TPSA) is 188 Å². The molecule has 12 nitrogen and oxygen atoms in total. The summed E-state index contributed by atoms with van der Waals surface area (Å²) in [6.07, 6.45) is -7.80. The highest BCUT2D eigenvalue weighted by Gasteiger charge is 2.42. The Labute approximate surface area is 134 Å². The molecule has 0 aliphatic carbocycles. The van der Waals surface area contributed by atoms with E-state index in [0.29, 0.717) is 0 Å². The summed E-state index contributed by atoms with van der Waals surface area (Å²) in [6, 6.07) is 2.95. The molecule has 5 atom stereocenters. The Morgan fingerprint density at radius 2 is 1.71 bits per heavy atom.